The molecular weight excluding hydrogens is 474 g/mol. The van der Waals surface area contributed by atoms with Crippen LogP contribution in [0.15, 0.2) is 39.8 Å². The van der Waals surface area contributed by atoms with Gasteiger partial charge in [-0.25, -0.2) is 0 Å². The van der Waals surface area contributed by atoms with Crippen LogP contribution in [-0.4, -0.2) is 30.1 Å². The van der Waals surface area contributed by atoms with E-state index >= 15 is 0 Å². The molecule has 3 fully saturated rings. The highest BCUT2D eigenvalue weighted by atomic mass is 32.2. The molecule has 7 atom stereocenters. The minimum atomic E-state index is -3.68. The summed E-state index contributed by atoms with van der Waals surface area (Å²) >= 11 is 0. The molecule has 8 heteroatoms. The molecule has 1 aliphatic heterocycles. The maximum absolute atomic E-state index is 11.1. The molecule has 2 aromatic rings. The highest BCUT2D eigenvalue weighted by molar-refractivity contribution is 7.90. The van der Waals surface area contributed by atoms with Gasteiger partial charge in [0.1, 0.15) is 0 Å². The fraction of sp³-hybridized carbons (Fsp3) is 0.643. The number of aromatic nitrogens is 2. The number of nitrogens with zero attached hydrogens (tertiary/aromatic N) is 1. The number of aliphatic hydroxyl groups is 1. The quantitative estimate of drug-likeness (QED) is 0.565. The number of aromatic amines is 2. The number of hydrogen-bond donors (Lipinski definition) is 2. The van der Waals surface area contributed by atoms with Crippen LogP contribution in [0.4, 0.5) is 0 Å². The first kappa shape index (κ1) is 24.2. The van der Waals surface area contributed by atoms with E-state index in [9.17, 15) is 18.6 Å². The summed E-state index contributed by atoms with van der Waals surface area (Å²) in [4.78, 5) is 0.00926. The Morgan fingerprint density at radius 3 is 2.61 bits per heavy atom. The molecule has 0 amide bonds. The van der Waals surface area contributed by atoms with Crippen LogP contribution in [0.1, 0.15) is 76.1 Å². The Balaban J connectivity index is 0.000000168. The number of fused-ring (bicyclic) bond motifs is 7. The lowest BCUT2D eigenvalue weighted by Gasteiger charge is -2.60. The van der Waals surface area contributed by atoms with E-state index in [2.05, 4.69) is 41.6 Å². The van der Waals surface area contributed by atoms with Gasteiger partial charge in [0.05, 0.1) is 16.2 Å². The number of benzene rings is 1. The van der Waals surface area contributed by atoms with E-state index in [-0.39, 0.29) is 15.9 Å². The smallest absolute Gasteiger partial charge is 0.282 e. The van der Waals surface area contributed by atoms with Gasteiger partial charge in [0, 0.05) is 17.0 Å². The summed E-state index contributed by atoms with van der Waals surface area (Å²) in [7, 11) is -3.68. The topological polar surface area (TPSA) is 120 Å². The molecule has 4 aliphatic carbocycles. The fourth-order valence-electron chi connectivity index (χ4n) is 8.84. The second-order valence-electron chi connectivity index (χ2n) is 12.6. The van der Waals surface area contributed by atoms with Crippen molar-refractivity contribution in [3.63, 3.8) is 0 Å². The van der Waals surface area contributed by atoms with Gasteiger partial charge >= 0.3 is 0 Å². The minimum absolute atomic E-state index is 0.00926. The van der Waals surface area contributed by atoms with Crippen LogP contribution in [0.25, 0.3) is 0 Å². The Bertz CT molecular complexity index is 1330. The van der Waals surface area contributed by atoms with Crippen molar-refractivity contribution in [2.75, 3.05) is 0 Å². The summed E-state index contributed by atoms with van der Waals surface area (Å²) in [5, 5.41) is 28.6. The molecule has 5 aliphatic rings. The van der Waals surface area contributed by atoms with Gasteiger partial charge in [0.2, 0.25) is 0 Å². The van der Waals surface area contributed by atoms with Crippen molar-refractivity contribution >= 4 is 15.9 Å². The van der Waals surface area contributed by atoms with Crippen molar-refractivity contribution in [3.05, 3.63) is 47.3 Å². The van der Waals surface area contributed by atoms with E-state index in [1.165, 1.54) is 68.3 Å². The van der Waals surface area contributed by atoms with E-state index < -0.39 is 21.5 Å². The lowest BCUT2D eigenvalue weighted by Crippen LogP contribution is -2.56. The summed E-state index contributed by atoms with van der Waals surface area (Å²) in [6.07, 6.45) is 12.2. The average molecular weight is 512 g/mol. The highest BCUT2D eigenvalue weighted by Gasteiger charge is 2.63. The molecule has 3 N–H and O–H groups in total. The normalized spacial score (nSPS) is 41.5. The van der Waals surface area contributed by atoms with Crippen LogP contribution in [0, 0.1) is 34.5 Å². The van der Waals surface area contributed by atoms with Gasteiger partial charge in [-0.05, 0) is 98.9 Å². The molecule has 0 saturated heterocycles. The Hall–Kier alpha value is -2.19. The number of sulfonamides is 1. The summed E-state index contributed by atoms with van der Waals surface area (Å²) in [6.45, 7) is 7.11. The van der Waals surface area contributed by atoms with E-state index in [0.29, 0.717) is 5.41 Å². The molecular formula is C28H37N3O4S. The van der Waals surface area contributed by atoms with Crippen LogP contribution < -0.4 is 10.2 Å². The third-order valence-electron chi connectivity index (χ3n) is 11.1. The molecule has 0 bridgehead atoms. The number of rotatable bonds is 0. The van der Waals surface area contributed by atoms with Gasteiger partial charge in [0.15, 0.2) is 6.20 Å². The standard InChI is InChI=1S/C21H32N2O.C7H5NO3S/c1-19-11-13-12-22-23-18(13)10-14(19)4-5-15-16(19)6-8-20(2)17(15)7-9-21(20,3)24;9-7-5-3-1-2-4-6(5)12(10,11)8-7/h12,14-17,24H,4-11H2,1-3H3,(H,22,23);1-4H,(H,8,9)/t14-,15+,16-,17-,19-,20-,21-;/m0./s1. The second kappa shape index (κ2) is 7.90. The largest absolute Gasteiger partial charge is 0.858 e. The molecule has 2 heterocycles. The first-order chi connectivity index (χ1) is 17.0. The van der Waals surface area contributed by atoms with Crippen molar-refractivity contribution in [2.24, 2.45) is 38.9 Å². The van der Waals surface area contributed by atoms with Crippen molar-refractivity contribution < 1.29 is 23.7 Å². The van der Waals surface area contributed by atoms with Crippen molar-refractivity contribution in [2.45, 2.75) is 82.6 Å². The maximum atomic E-state index is 11.1. The Morgan fingerprint density at radius 2 is 1.83 bits per heavy atom. The predicted molar refractivity (Wildman–Crippen MR) is 133 cm³/mol. The lowest BCUT2D eigenvalue weighted by molar-refractivity contribution is -0.450. The van der Waals surface area contributed by atoms with Crippen molar-refractivity contribution in [1.82, 2.24) is 5.10 Å². The lowest BCUT2D eigenvalue weighted by atomic mass is 9.44. The second-order valence-corrected chi connectivity index (χ2v) is 14.2. The van der Waals surface area contributed by atoms with Gasteiger partial charge in [-0.15, -0.1) is 5.10 Å². The van der Waals surface area contributed by atoms with Crippen LogP contribution in [0.3, 0.4) is 0 Å². The summed E-state index contributed by atoms with van der Waals surface area (Å²) in [6, 6.07) is 5.99. The molecule has 3 saturated carbocycles. The molecule has 36 heavy (non-hydrogen) atoms. The Kier molecular flexibility index (Phi) is 5.31. The third-order valence-corrected chi connectivity index (χ3v) is 12.4. The molecule has 1 aromatic carbocycles. The molecule has 7 nitrogen and oxygen atoms in total. The summed E-state index contributed by atoms with van der Waals surface area (Å²) < 4.78 is 25.2. The zero-order valence-corrected chi connectivity index (χ0v) is 22.2. The van der Waals surface area contributed by atoms with Crippen LogP contribution in [-0.2, 0) is 22.9 Å². The Labute approximate surface area is 213 Å². The third kappa shape index (κ3) is 3.36. The SMILES string of the molecule is C[C@]12Cc3c[nH+][nH]c3C[C@@H]1CC[C@@H]1[C@@H]2CC[C@@]2(C)[C@H]1CC[C@]2(C)O.O=S1(=O)N=C([O-])c2ccccc21. The van der Waals surface area contributed by atoms with E-state index in [1.807, 2.05) is 0 Å². The van der Waals surface area contributed by atoms with Crippen LogP contribution in [0.2, 0.25) is 0 Å². The number of H-pyrrole nitrogens is 2. The zero-order valence-electron chi connectivity index (χ0n) is 21.4. The van der Waals surface area contributed by atoms with Gasteiger partial charge in [-0.2, -0.15) is 17.9 Å². The minimum Gasteiger partial charge on any atom is -0.858 e. The molecule has 194 valence electrons. The number of nitrogens with one attached hydrogen (secondary N) is 2. The van der Waals surface area contributed by atoms with Gasteiger partial charge < -0.3 is 10.2 Å². The van der Waals surface area contributed by atoms with Crippen molar-refractivity contribution in [3.8, 4) is 0 Å². The summed E-state index contributed by atoms with van der Waals surface area (Å²) in [5.74, 6) is 2.59. The molecule has 0 unspecified atom stereocenters. The van der Waals surface area contributed by atoms with E-state index in [1.54, 1.807) is 12.1 Å². The molecule has 0 radical (unpaired) electrons. The van der Waals surface area contributed by atoms with Gasteiger partial charge in [-0.3, -0.25) is 0 Å². The zero-order chi connectivity index (χ0) is 25.5. The molecule has 7 rings (SSSR count). The highest BCUT2D eigenvalue weighted by Crippen LogP contribution is 2.67. The van der Waals surface area contributed by atoms with Crippen molar-refractivity contribution in [1.29, 1.82) is 0 Å². The van der Waals surface area contributed by atoms with Crippen LogP contribution >= 0.6 is 0 Å². The Morgan fingerprint density at radius 1 is 1.08 bits per heavy atom. The first-order valence-corrected chi connectivity index (χ1v) is 14.8. The first-order valence-electron chi connectivity index (χ1n) is 13.4. The van der Waals surface area contributed by atoms with Gasteiger partial charge in [0.25, 0.3) is 10.0 Å². The fourth-order valence-corrected chi connectivity index (χ4v) is 9.94. The van der Waals surface area contributed by atoms with E-state index in [0.717, 1.165) is 30.1 Å². The number of hydrogen-bond acceptors (Lipinski definition) is 4. The van der Waals surface area contributed by atoms with E-state index in [4.69, 9.17) is 0 Å². The predicted octanol–water partition coefficient (Wildman–Crippen LogP) is 3.03. The van der Waals surface area contributed by atoms with Crippen LogP contribution in [0.5, 0.6) is 0 Å². The molecule has 0 spiro atoms. The molecule has 1 aromatic heterocycles. The average Bonchev–Trinajstić information content (AvgIpc) is 3.44. The van der Waals surface area contributed by atoms with Gasteiger partial charge in [-0.1, -0.05) is 32.0 Å². The maximum Gasteiger partial charge on any atom is 0.282 e. The monoisotopic (exact) mass is 511 g/mol. The summed E-state index contributed by atoms with van der Waals surface area (Å²) in [5.41, 5.74) is 3.32.